The summed E-state index contributed by atoms with van der Waals surface area (Å²) in [4.78, 5) is 0. The van der Waals surface area contributed by atoms with Crippen LogP contribution in [0.3, 0.4) is 0 Å². The normalized spacial score (nSPS) is 7.50. The Bertz CT molecular complexity index is 23.2. The predicted octanol–water partition coefficient (Wildman–Crippen LogP) is 1.07. The van der Waals surface area contributed by atoms with Gasteiger partial charge in [-0.15, -0.1) is 0 Å². The van der Waals surface area contributed by atoms with E-state index in [0.717, 1.165) is 0 Å². The first-order valence-electron chi connectivity index (χ1n) is 0.685. The summed E-state index contributed by atoms with van der Waals surface area (Å²) >= 11 is 5.47. The van der Waals surface area contributed by atoms with E-state index in [1.165, 1.54) is 6.35 Å². The first-order chi connectivity index (χ1) is 1.91. The molecule has 0 atom stereocenters. The van der Waals surface area contributed by atoms with Crippen molar-refractivity contribution in [1.82, 2.24) is 0 Å². The third kappa shape index (κ3) is 2.94. The van der Waals surface area contributed by atoms with Crippen LogP contribution in [0.25, 0.3) is 0 Å². The van der Waals surface area contributed by atoms with E-state index in [1.54, 1.807) is 0 Å². The summed E-state index contributed by atoms with van der Waals surface area (Å²) in [5.74, 6) is 0. The summed E-state index contributed by atoms with van der Waals surface area (Å²) in [5, 5.41) is 0. The Hall–Kier alpha value is 0.945. The molecule has 0 aliphatic rings. The fourth-order valence-corrected chi connectivity index (χ4v) is 0. The van der Waals surface area contributed by atoms with E-state index < -0.39 is 0 Å². The van der Waals surface area contributed by atoms with E-state index in [0.29, 0.717) is 0 Å². The molecule has 0 aliphatic carbocycles. The molecule has 0 fully saturated rings. The molecule has 0 N–H and O–H groups in total. The van der Waals surface area contributed by atoms with Crippen LogP contribution in [0.2, 0.25) is 0 Å². The van der Waals surface area contributed by atoms with Crippen LogP contribution >= 0.6 is 35.3 Å². The first-order valence-corrected chi connectivity index (χ1v) is 2.17. The van der Waals surface area contributed by atoms with Crippen molar-refractivity contribution >= 4 is 41.7 Å². The maximum absolute atomic E-state index is 3.62. The Morgan fingerprint density at radius 3 is 2.25 bits per heavy atom. The van der Waals surface area contributed by atoms with Crippen molar-refractivity contribution in [2.24, 2.45) is 3.11 Å². The zero-order chi connectivity index (χ0) is 3.41. The molecule has 0 amide bonds. The fourth-order valence-electron chi connectivity index (χ4n) is 0. The van der Waals surface area contributed by atoms with Crippen molar-refractivity contribution in [2.75, 3.05) is 0 Å². The van der Waals surface area contributed by atoms with E-state index in [9.17, 15) is 0 Å². The van der Waals surface area contributed by atoms with Gasteiger partial charge in [-0.1, -0.05) is 0 Å². The average Bonchev–Trinajstić information content (AvgIpc) is 1.37. The maximum atomic E-state index is 3.62. The number of halogens is 1. The Kier molecular flexibility index (Phi) is 4.88. The van der Waals surface area contributed by atoms with Gasteiger partial charge in [0.05, 0.1) is 0 Å². The minimum absolute atomic E-state index is 1.43. The van der Waals surface area contributed by atoms with Crippen LogP contribution < -0.4 is 0 Å². The molecule has 0 aromatic heterocycles. The van der Waals surface area contributed by atoms with Gasteiger partial charge in [0.2, 0.25) is 0 Å². The van der Waals surface area contributed by atoms with E-state index in [4.69, 9.17) is 0 Å². The topological polar surface area (TPSA) is 12.4 Å². The van der Waals surface area contributed by atoms with Gasteiger partial charge in [0.1, 0.15) is 0 Å². The van der Waals surface area contributed by atoms with Gasteiger partial charge in [0.25, 0.3) is 0 Å². The van der Waals surface area contributed by atoms with Gasteiger partial charge in [-0.3, -0.25) is 0 Å². The van der Waals surface area contributed by atoms with Crippen LogP contribution in [0.15, 0.2) is 3.11 Å². The first kappa shape index (κ1) is 4.94. The van der Waals surface area contributed by atoms with Crippen LogP contribution in [0.1, 0.15) is 0 Å². The number of thiol groups is 1. The van der Waals surface area contributed by atoms with Gasteiger partial charge >= 0.3 is 44.8 Å². The van der Waals surface area contributed by atoms with Crippen LogP contribution in [0.4, 0.5) is 0 Å². The second-order valence-electron chi connectivity index (χ2n) is 0.213. The van der Waals surface area contributed by atoms with E-state index >= 15 is 0 Å². The number of nitrogens with zero attached hydrogens (tertiary/aromatic N) is 1. The van der Waals surface area contributed by atoms with Crippen LogP contribution in [0.5, 0.6) is 0 Å². The third-order valence-electron chi connectivity index (χ3n) is 0.0436. The van der Waals surface area contributed by atoms with Crippen molar-refractivity contribution in [3.05, 3.63) is 0 Å². The van der Waals surface area contributed by atoms with Gasteiger partial charge in [-0.2, -0.15) is 0 Å². The van der Waals surface area contributed by atoms with Crippen LogP contribution in [-0.4, -0.2) is 6.35 Å². The Morgan fingerprint density at radius 2 is 2.25 bits per heavy atom. The molecular weight excluding hydrogens is 184 g/mol. The van der Waals surface area contributed by atoms with Crippen LogP contribution in [0, 0.1) is 0 Å². The fraction of sp³-hybridized carbons (Fsp3) is 0. The molecule has 0 radical (unpaired) electrons. The zero-order valence-corrected chi connectivity index (χ0v) is 4.90. The van der Waals surface area contributed by atoms with Crippen LogP contribution in [-0.2, 0) is 0 Å². The molecule has 0 spiro atoms. The Morgan fingerprint density at radius 1 is 2.00 bits per heavy atom. The zero-order valence-electron chi connectivity index (χ0n) is 1.85. The molecule has 0 heterocycles. The average molecular weight is 185 g/mol. The van der Waals surface area contributed by atoms with Gasteiger partial charge in [0, 0.05) is 0 Å². The molecule has 0 aromatic rings. The summed E-state index contributed by atoms with van der Waals surface area (Å²) in [7, 11) is 0. The van der Waals surface area contributed by atoms with Crippen molar-refractivity contribution in [2.45, 2.75) is 0 Å². The third-order valence-corrected chi connectivity index (χ3v) is 0.878. The molecule has 4 heteroatoms. The molecular formula is HBINS. The predicted molar refractivity (Wildman–Crippen MR) is 31.2 cm³/mol. The summed E-state index contributed by atoms with van der Waals surface area (Å²) < 4.78 is 3.45. The number of hydrogen-bond acceptors (Lipinski definition) is 1. The monoisotopic (exact) mass is 185 g/mol. The molecule has 0 aliphatic heterocycles. The van der Waals surface area contributed by atoms with Gasteiger partial charge in [-0.25, -0.2) is 0 Å². The minimum atomic E-state index is 1.43. The quantitative estimate of drug-likeness (QED) is 0.329. The molecule has 1 nitrogen and oxygen atoms in total. The van der Waals surface area contributed by atoms with Crippen molar-refractivity contribution in [3.8, 4) is 0 Å². The summed E-state index contributed by atoms with van der Waals surface area (Å²) in [6.45, 7) is 0. The Balaban J connectivity index is 2.55. The Labute approximate surface area is 44.9 Å². The van der Waals surface area contributed by atoms with Gasteiger partial charge < -0.3 is 0 Å². The number of hydrogen-bond donors (Lipinski definition) is 1. The second-order valence-corrected chi connectivity index (χ2v) is 1.00. The summed E-state index contributed by atoms with van der Waals surface area (Å²) in [6.07, 6.45) is 1.43. The molecule has 22 valence electrons. The molecule has 0 saturated carbocycles. The molecule has 4 heavy (non-hydrogen) atoms. The number of rotatable bonds is 0. The second kappa shape index (κ2) is 3.94. The summed E-state index contributed by atoms with van der Waals surface area (Å²) in [6, 6.07) is 0. The van der Waals surface area contributed by atoms with Crippen molar-refractivity contribution in [1.29, 1.82) is 0 Å². The SMILES string of the molecule is SB=NI. The summed E-state index contributed by atoms with van der Waals surface area (Å²) in [5.41, 5.74) is 0. The molecule has 0 unspecified atom stereocenters. The van der Waals surface area contributed by atoms with E-state index in [-0.39, 0.29) is 0 Å². The molecule has 0 bridgehead atoms. The van der Waals surface area contributed by atoms with Gasteiger partial charge in [-0.05, 0) is 0 Å². The van der Waals surface area contributed by atoms with E-state index in [2.05, 4.69) is 15.6 Å². The van der Waals surface area contributed by atoms with Gasteiger partial charge in [0.15, 0.2) is 0 Å². The van der Waals surface area contributed by atoms with E-state index in [1.807, 2.05) is 22.9 Å². The van der Waals surface area contributed by atoms with Crippen molar-refractivity contribution in [3.63, 3.8) is 0 Å². The molecule has 0 saturated heterocycles. The molecule has 0 aromatic carbocycles. The molecule has 0 rings (SSSR count). The van der Waals surface area contributed by atoms with Crippen molar-refractivity contribution < 1.29 is 0 Å². The standard InChI is InChI=1S/BHINS/c2-3-1-4/h4H.